The average Bonchev–Trinajstić information content (AvgIpc) is 2.61. The van der Waals surface area contributed by atoms with Gasteiger partial charge in [0, 0.05) is 6.54 Å². The van der Waals surface area contributed by atoms with E-state index >= 15 is 0 Å². The molecule has 5 nitrogen and oxygen atoms in total. The fraction of sp³-hybridized carbons (Fsp3) is 0.350. The lowest BCUT2D eigenvalue weighted by atomic mass is 10.1. The number of halogens is 1. The number of nitrogens with zero attached hydrogens (tertiary/aromatic N) is 1. The predicted molar refractivity (Wildman–Crippen MR) is 118 cm³/mol. The van der Waals surface area contributed by atoms with E-state index < -0.39 is 0 Å². The molecule has 0 saturated heterocycles. The summed E-state index contributed by atoms with van der Waals surface area (Å²) in [7, 11) is 0. The molecule has 0 amide bonds. The Bertz CT molecular complexity index is 682. The second-order valence-corrected chi connectivity index (χ2v) is 5.86. The molecule has 0 saturated carbocycles. The van der Waals surface area contributed by atoms with E-state index in [1.807, 2.05) is 63.2 Å². The maximum Gasteiger partial charge on any atom is 0.191 e. The Morgan fingerprint density at radius 2 is 1.73 bits per heavy atom. The highest BCUT2D eigenvalue weighted by molar-refractivity contribution is 14.0. The summed E-state index contributed by atoms with van der Waals surface area (Å²) in [5, 5.41) is 16.3. The summed E-state index contributed by atoms with van der Waals surface area (Å²) in [6, 6.07) is 13.7. The van der Waals surface area contributed by atoms with Gasteiger partial charge in [-0.3, -0.25) is 0 Å². The molecule has 6 heteroatoms. The number of nitrogens with one attached hydrogen (secondary N) is 2. The van der Waals surface area contributed by atoms with E-state index in [0.29, 0.717) is 25.4 Å². The number of phenols is 1. The third kappa shape index (κ3) is 7.11. The lowest BCUT2D eigenvalue weighted by molar-refractivity contribution is 0.322. The summed E-state index contributed by atoms with van der Waals surface area (Å²) in [6.45, 7) is 8.41. The Morgan fingerprint density at radius 3 is 2.35 bits per heavy atom. The molecule has 0 bridgehead atoms. The van der Waals surface area contributed by atoms with E-state index in [0.717, 1.165) is 34.9 Å². The zero-order valence-electron chi connectivity index (χ0n) is 15.6. The molecule has 0 aliphatic rings. The molecule has 0 spiro atoms. The van der Waals surface area contributed by atoms with Crippen LogP contribution in [0.1, 0.15) is 23.6 Å². The van der Waals surface area contributed by atoms with Gasteiger partial charge in [0.05, 0.1) is 13.1 Å². The molecule has 0 radical (unpaired) electrons. The van der Waals surface area contributed by atoms with Gasteiger partial charge in [0.2, 0.25) is 0 Å². The Hall–Kier alpha value is -1.96. The van der Waals surface area contributed by atoms with Crippen molar-refractivity contribution in [1.29, 1.82) is 0 Å². The van der Waals surface area contributed by atoms with Crippen molar-refractivity contribution < 1.29 is 9.84 Å². The van der Waals surface area contributed by atoms with Crippen molar-refractivity contribution in [2.24, 2.45) is 4.99 Å². The molecule has 3 N–H and O–H groups in total. The molecule has 2 aromatic carbocycles. The van der Waals surface area contributed by atoms with Crippen LogP contribution in [0.4, 0.5) is 0 Å². The van der Waals surface area contributed by atoms with Crippen molar-refractivity contribution in [3.05, 3.63) is 59.2 Å². The van der Waals surface area contributed by atoms with Crippen LogP contribution in [-0.2, 0) is 6.54 Å². The zero-order chi connectivity index (χ0) is 18.1. The second-order valence-electron chi connectivity index (χ2n) is 5.86. The van der Waals surface area contributed by atoms with Gasteiger partial charge in [-0.25, -0.2) is 4.99 Å². The van der Waals surface area contributed by atoms with Gasteiger partial charge in [-0.2, -0.15) is 0 Å². The number of rotatable bonds is 7. The molecular weight excluding hydrogens is 441 g/mol. The van der Waals surface area contributed by atoms with E-state index in [1.54, 1.807) is 0 Å². The van der Waals surface area contributed by atoms with Gasteiger partial charge < -0.3 is 20.5 Å². The van der Waals surface area contributed by atoms with Gasteiger partial charge in [0.25, 0.3) is 0 Å². The number of aromatic hydroxyl groups is 1. The number of guanidine groups is 1. The fourth-order valence-corrected chi connectivity index (χ4v) is 2.50. The molecule has 26 heavy (non-hydrogen) atoms. The average molecular weight is 469 g/mol. The Balaban J connectivity index is 0.00000338. The Morgan fingerprint density at radius 1 is 1.08 bits per heavy atom. The largest absolute Gasteiger partial charge is 0.507 e. The first kappa shape index (κ1) is 22.1. The van der Waals surface area contributed by atoms with Crippen LogP contribution in [0.15, 0.2) is 47.5 Å². The smallest absolute Gasteiger partial charge is 0.191 e. The van der Waals surface area contributed by atoms with Gasteiger partial charge in [0.15, 0.2) is 5.96 Å². The number of para-hydroxylation sites is 1. The van der Waals surface area contributed by atoms with Gasteiger partial charge in [-0.05, 0) is 49.6 Å². The SMILES string of the molecule is CCNC(=NCc1cc(C)c(O)c(C)c1)NCCOc1ccccc1.I. The molecule has 142 valence electrons. The molecule has 0 fully saturated rings. The van der Waals surface area contributed by atoms with E-state index in [-0.39, 0.29) is 24.0 Å². The zero-order valence-corrected chi connectivity index (χ0v) is 17.9. The minimum Gasteiger partial charge on any atom is -0.507 e. The molecule has 0 heterocycles. The van der Waals surface area contributed by atoms with E-state index in [2.05, 4.69) is 15.6 Å². The first-order valence-electron chi connectivity index (χ1n) is 8.59. The van der Waals surface area contributed by atoms with Crippen LogP contribution in [0.2, 0.25) is 0 Å². The van der Waals surface area contributed by atoms with Gasteiger partial charge >= 0.3 is 0 Å². The number of hydrogen-bond acceptors (Lipinski definition) is 3. The minimum absolute atomic E-state index is 0. The van der Waals surface area contributed by atoms with Crippen LogP contribution in [0, 0.1) is 13.8 Å². The predicted octanol–water partition coefficient (Wildman–Crippen LogP) is 3.76. The highest BCUT2D eigenvalue weighted by Gasteiger charge is 2.04. The Kier molecular flexibility index (Phi) is 9.87. The minimum atomic E-state index is 0. The number of aliphatic imine (C=N–C) groups is 1. The monoisotopic (exact) mass is 469 g/mol. The maximum absolute atomic E-state index is 9.86. The van der Waals surface area contributed by atoms with Crippen molar-refractivity contribution >= 4 is 29.9 Å². The van der Waals surface area contributed by atoms with Crippen LogP contribution >= 0.6 is 24.0 Å². The molecule has 0 unspecified atom stereocenters. The van der Waals surface area contributed by atoms with E-state index in [1.165, 1.54) is 0 Å². The highest BCUT2D eigenvalue weighted by atomic mass is 127. The molecule has 0 aromatic heterocycles. The van der Waals surface area contributed by atoms with Crippen molar-refractivity contribution in [2.45, 2.75) is 27.3 Å². The van der Waals surface area contributed by atoms with Crippen LogP contribution in [0.25, 0.3) is 0 Å². The van der Waals surface area contributed by atoms with E-state index in [9.17, 15) is 5.11 Å². The molecule has 0 atom stereocenters. The van der Waals surface area contributed by atoms with Crippen molar-refractivity contribution in [3.8, 4) is 11.5 Å². The summed E-state index contributed by atoms with van der Waals surface area (Å²) in [5.41, 5.74) is 2.82. The van der Waals surface area contributed by atoms with Gasteiger partial charge in [-0.15, -0.1) is 24.0 Å². The van der Waals surface area contributed by atoms with Crippen molar-refractivity contribution in [3.63, 3.8) is 0 Å². The van der Waals surface area contributed by atoms with Crippen LogP contribution in [-0.4, -0.2) is 30.8 Å². The fourth-order valence-electron chi connectivity index (χ4n) is 2.50. The summed E-state index contributed by atoms with van der Waals surface area (Å²) in [4.78, 5) is 4.60. The number of hydrogen-bond donors (Lipinski definition) is 3. The molecule has 2 rings (SSSR count). The summed E-state index contributed by atoms with van der Waals surface area (Å²) < 4.78 is 5.67. The quantitative estimate of drug-likeness (QED) is 0.250. The molecule has 0 aliphatic heterocycles. The number of benzene rings is 2. The summed E-state index contributed by atoms with van der Waals surface area (Å²) in [5.74, 6) is 1.97. The Labute approximate surface area is 172 Å². The summed E-state index contributed by atoms with van der Waals surface area (Å²) >= 11 is 0. The molecular formula is C20H28IN3O2. The van der Waals surface area contributed by atoms with Gasteiger partial charge in [0.1, 0.15) is 18.1 Å². The second kappa shape index (κ2) is 11.6. The molecule has 2 aromatic rings. The van der Waals surface area contributed by atoms with Crippen molar-refractivity contribution in [1.82, 2.24) is 10.6 Å². The van der Waals surface area contributed by atoms with Crippen LogP contribution in [0.3, 0.4) is 0 Å². The maximum atomic E-state index is 9.86. The van der Waals surface area contributed by atoms with E-state index in [4.69, 9.17) is 4.74 Å². The number of phenolic OH excluding ortho intramolecular Hbond substituents is 1. The lowest BCUT2D eigenvalue weighted by Gasteiger charge is -2.12. The van der Waals surface area contributed by atoms with Crippen LogP contribution < -0.4 is 15.4 Å². The third-order valence-electron chi connectivity index (χ3n) is 3.72. The molecule has 0 aliphatic carbocycles. The standard InChI is InChI=1S/C20H27N3O2.HI/c1-4-21-20(22-10-11-25-18-8-6-5-7-9-18)23-14-17-12-15(2)19(24)16(3)13-17;/h5-9,12-13,24H,4,10-11,14H2,1-3H3,(H2,21,22,23);1H. The van der Waals surface area contributed by atoms with Gasteiger partial charge in [-0.1, -0.05) is 30.3 Å². The van der Waals surface area contributed by atoms with Crippen molar-refractivity contribution in [2.75, 3.05) is 19.7 Å². The first-order chi connectivity index (χ1) is 12.1. The lowest BCUT2D eigenvalue weighted by Crippen LogP contribution is -2.39. The highest BCUT2D eigenvalue weighted by Crippen LogP contribution is 2.23. The number of aryl methyl sites for hydroxylation is 2. The third-order valence-corrected chi connectivity index (χ3v) is 3.72. The topological polar surface area (TPSA) is 65.9 Å². The normalized spacial score (nSPS) is 10.8. The number of ether oxygens (including phenoxy) is 1. The first-order valence-corrected chi connectivity index (χ1v) is 8.59. The van der Waals surface area contributed by atoms with Crippen LogP contribution in [0.5, 0.6) is 11.5 Å². The summed E-state index contributed by atoms with van der Waals surface area (Å²) in [6.07, 6.45) is 0.